The highest BCUT2D eigenvalue weighted by atomic mass is 32.2. The lowest BCUT2D eigenvalue weighted by atomic mass is 9.45. The zero-order valence-corrected chi connectivity index (χ0v) is 29.4. The van der Waals surface area contributed by atoms with Crippen LogP contribution in [0.25, 0.3) is 11.1 Å². The van der Waals surface area contributed by atoms with Crippen LogP contribution < -0.4 is 10.0 Å². The quantitative estimate of drug-likeness (QED) is 0.234. The van der Waals surface area contributed by atoms with Gasteiger partial charge in [-0.2, -0.15) is 9.79 Å². The smallest absolute Gasteiger partial charge is 0.241 e. The van der Waals surface area contributed by atoms with Crippen molar-refractivity contribution in [2.75, 3.05) is 13.2 Å². The number of nitrogens with one attached hydrogen (secondary N) is 2. The molecule has 1 heterocycles. The minimum absolute atomic E-state index is 0.0543. The van der Waals surface area contributed by atoms with E-state index >= 15 is 0 Å². The molecule has 1 unspecified atom stereocenters. The van der Waals surface area contributed by atoms with Gasteiger partial charge in [-0.3, -0.25) is 9.63 Å². The summed E-state index contributed by atoms with van der Waals surface area (Å²) in [6, 6.07) is 23.2. The Morgan fingerprint density at radius 2 is 1.76 bits per heavy atom. The van der Waals surface area contributed by atoms with E-state index in [4.69, 9.17) is 4.84 Å². The van der Waals surface area contributed by atoms with E-state index in [1.54, 1.807) is 36.3 Å². The average Bonchev–Trinajstić information content (AvgIpc) is 3.46. The van der Waals surface area contributed by atoms with Crippen LogP contribution in [0.3, 0.4) is 0 Å². The number of aliphatic hydroxyl groups excluding tert-OH is 2. The Labute approximate surface area is 290 Å². The van der Waals surface area contributed by atoms with Crippen LogP contribution in [0.15, 0.2) is 83.8 Å². The largest absolute Gasteiger partial charge is 0.394 e. The van der Waals surface area contributed by atoms with Gasteiger partial charge in [0.1, 0.15) is 12.1 Å². The lowest BCUT2D eigenvalue weighted by Gasteiger charge is -2.62. The van der Waals surface area contributed by atoms with Gasteiger partial charge in [-0.1, -0.05) is 87.2 Å². The molecule has 3 aromatic rings. The molecule has 4 aliphatic rings. The van der Waals surface area contributed by atoms with Gasteiger partial charge in [0.2, 0.25) is 15.9 Å². The molecular weight excluding hydrogens is 639 g/mol. The number of nitrogens with zero attached hydrogens (tertiary/aromatic N) is 1. The lowest BCUT2D eigenvalue weighted by molar-refractivity contribution is -0.183. The first kappa shape index (κ1) is 35.3. The third kappa shape index (κ3) is 7.34. The highest BCUT2D eigenvalue weighted by Crippen LogP contribution is 2.61. The fourth-order valence-corrected chi connectivity index (χ4v) is 9.15. The van der Waals surface area contributed by atoms with E-state index in [1.165, 1.54) is 6.42 Å². The van der Waals surface area contributed by atoms with Crippen LogP contribution in [0.1, 0.15) is 51.7 Å². The van der Waals surface area contributed by atoms with Crippen molar-refractivity contribution >= 4 is 15.9 Å². The first-order valence-corrected chi connectivity index (χ1v) is 18.6. The zero-order chi connectivity index (χ0) is 34.9. The number of carbonyl (C=O) groups excluding carboxylic acids is 1. The van der Waals surface area contributed by atoms with Gasteiger partial charge in [-0.25, -0.2) is 8.42 Å². The van der Waals surface area contributed by atoms with Crippen molar-refractivity contribution in [2.24, 2.45) is 29.1 Å². The molecule has 4 N–H and O–H groups in total. The second-order valence-corrected chi connectivity index (χ2v) is 16.2. The molecule has 3 saturated carbocycles. The van der Waals surface area contributed by atoms with Crippen LogP contribution in [0.5, 0.6) is 0 Å². The van der Waals surface area contributed by atoms with Gasteiger partial charge in [-0.05, 0) is 83.9 Å². The molecule has 1 aliphatic heterocycles. The minimum atomic E-state index is -3.75. The third-order valence-corrected chi connectivity index (χ3v) is 12.6. The molecule has 9 nitrogen and oxygen atoms in total. The Kier molecular flexibility index (Phi) is 10.3. The van der Waals surface area contributed by atoms with Crippen LogP contribution in [-0.4, -0.2) is 67.0 Å². The Bertz CT molecular complexity index is 1800. The number of aliphatic hydroxyl groups is 2. The maximum Gasteiger partial charge on any atom is 0.241 e. The van der Waals surface area contributed by atoms with Crippen molar-refractivity contribution in [1.29, 1.82) is 0 Å². The Hall–Kier alpha value is -3.56. The Morgan fingerprint density at radius 1 is 1.04 bits per heavy atom. The molecule has 2 bridgehead atoms. The summed E-state index contributed by atoms with van der Waals surface area (Å²) in [5.74, 6) is 6.61. The predicted octanol–water partition coefficient (Wildman–Crippen LogP) is 4.34. The minimum Gasteiger partial charge on any atom is -0.394 e. The topological polar surface area (TPSA) is 128 Å². The van der Waals surface area contributed by atoms with Crippen LogP contribution >= 0.6 is 0 Å². The van der Waals surface area contributed by atoms with Crippen molar-refractivity contribution in [3.8, 4) is 23.0 Å². The number of hydrogen-bond donors (Lipinski definition) is 4. The number of carbonyl (C=O) groups is 1. The number of hydrogen-bond acceptors (Lipinski definition) is 7. The second kappa shape index (κ2) is 14.4. The van der Waals surface area contributed by atoms with Crippen LogP contribution in [0.2, 0.25) is 0 Å². The van der Waals surface area contributed by atoms with Gasteiger partial charge in [-0.15, -0.1) is 0 Å². The zero-order valence-electron chi connectivity index (χ0n) is 28.5. The third-order valence-electron chi connectivity index (χ3n) is 11.2. The molecule has 0 radical (unpaired) electrons. The van der Waals surface area contributed by atoms with Gasteiger partial charge in [0, 0.05) is 17.5 Å². The summed E-state index contributed by atoms with van der Waals surface area (Å²) in [5.41, 5.74) is 3.72. The van der Waals surface area contributed by atoms with Gasteiger partial charge in [0.25, 0.3) is 0 Å². The van der Waals surface area contributed by atoms with Gasteiger partial charge in [0.15, 0.2) is 0 Å². The lowest BCUT2D eigenvalue weighted by Crippen LogP contribution is -2.62. The predicted molar refractivity (Wildman–Crippen MR) is 188 cm³/mol. The molecule has 3 aliphatic carbocycles. The SMILES string of the molecule is C[C@@H]1[C@@H](NC(=O)C2[C@H]([C@H](C)O)[C@H](CO)ON2Cc2cccc(C#CCNS(=O)(=O)c3ccc(-c4ccccc4)cc3)c2)C[C@H]2C[C@H]1C2(C)C. The van der Waals surface area contributed by atoms with E-state index in [2.05, 4.69) is 42.7 Å². The standard InChI is InChI=1S/C39H47N3O6S/c1-25-33-21-31(39(33,3)4)22-34(25)41-38(45)37-36(26(2)44)35(24-43)48-42(37)23-28-11-8-10-27(20-28)12-9-19-40-49(46,47)32-17-15-30(16-18-32)29-13-6-5-7-14-29/h5-8,10-11,13-18,20,25-26,31,33-37,40,43-44H,19,21-24H2,1-4H3,(H,41,45)/t25-,26-,31+,33+,34-,35-,36+,37?/m0/s1. The fraction of sp³-hybridized carbons (Fsp3) is 0.462. The van der Waals surface area contributed by atoms with E-state index in [0.717, 1.165) is 23.1 Å². The average molecular weight is 686 g/mol. The van der Waals surface area contributed by atoms with Crippen molar-refractivity contribution < 1.29 is 28.3 Å². The number of rotatable bonds is 10. The highest BCUT2D eigenvalue weighted by Gasteiger charge is 2.57. The van der Waals surface area contributed by atoms with E-state index in [0.29, 0.717) is 28.7 Å². The summed E-state index contributed by atoms with van der Waals surface area (Å²) in [4.78, 5) is 20.2. The first-order valence-electron chi connectivity index (χ1n) is 17.1. The molecule has 4 fully saturated rings. The molecule has 1 saturated heterocycles. The normalized spacial score (nSPS) is 28.2. The van der Waals surface area contributed by atoms with Crippen molar-refractivity contribution in [3.05, 3.63) is 90.0 Å². The molecule has 0 spiro atoms. The molecular formula is C39H47N3O6S. The van der Waals surface area contributed by atoms with Crippen molar-refractivity contribution in [1.82, 2.24) is 15.1 Å². The first-order chi connectivity index (χ1) is 23.4. The van der Waals surface area contributed by atoms with E-state index < -0.39 is 34.2 Å². The van der Waals surface area contributed by atoms with E-state index in [9.17, 15) is 23.4 Å². The molecule has 7 rings (SSSR count). The Morgan fingerprint density at radius 3 is 2.41 bits per heavy atom. The molecule has 10 heteroatoms. The van der Waals surface area contributed by atoms with E-state index in [1.807, 2.05) is 54.6 Å². The van der Waals surface area contributed by atoms with Crippen LogP contribution in [-0.2, 0) is 26.2 Å². The van der Waals surface area contributed by atoms with Gasteiger partial charge < -0.3 is 15.5 Å². The van der Waals surface area contributed by atoms with E-state index in [-0.39, 0.29) is 36.5 Å². The summed E-state index contributed by atoms with van der Waals surface area (Å²) in [7, 11) is -3.75. The molecule has 8 atom stereocenters. The van der Waals surface area contributed by atoms with Gasteiger partial charge in [0.05, 0.1) is 30.7 Å². The van der Waals surface area contributed by atoms with Gasteiger partial charge >= 0.3 is 0 Å². The molecule has 260 valence electrons. The van der Waals surface area contributed by atoms with Crippen molar-refractivity contribution in [3.63, 3.8) is 0 Å². The highest BCUT2D eigenvalue weighted by molar-refractivity contribution is 7.89. The number of sulfonamides is 1. The monoisotopic (exact) mass is 685 g/mol. The molecule has 1 amide bonds. The van der Waals surface area contributed by atoms with Crippen molar-refractivity contribution in [2.45, 2.75) is 76.3 Å². The van der Waals surface area contributed by atoms with Crippen LogP contribution in [0.4, 0.5) is 0 Å². The molecule has 3 aromatic carbocycles. The van der Waals surface area contributed by atoms with Crippen LogP contribution in [0, 0.1) is 40.9 Å². The summed E-state index contributed by atoms with van der Waals surface area (Å²) in [6.45, 7) is 8.34. The molecule has 0 aromatic heterocycles. The maximum atomic E-state index is 13.9. The number of amides is 1. The number of hydroxylamine groups is 2. The molecule has 49 heavy (non-hydrogen) atoms. The fourth-order valence-electron chi connectivity index (χ4n) is 8.23. The second-order valence-electron chi connectivity index (χ2n) is 14.5. The maximum absolute atomic E-state index is 13.9. The number of fused-ring (bicyclic) bond motifs is 2. The Balaban J connectivity index is 1.10. The summed E-state index contributed by atoms with van der Waals surface area (Å²) < 4.78 is 28.3. The summed E-state index contributed by atoms with van der Waals surface area (Å²) in [5, 5.41) is 25.7. The summed E-state index contributed by atoms with van der Waals surface area (Å²) in [6.07, 6.45) is 0.537. The summed E-state index contributed by atoms with van der Waals surface area (Å²) >= 11 is 0. The number of benzene rings is 3.